The molecule has 196 valence electrons. The van der Waals surface area contributed by atoms with Crippen molar-refractivity contribution in [3.63, 3.8) is 0 Å². The number of rotatable bonds is 7. The Hall–Kier alpha value is -3.80. The molecule has 0 aliphatic carbocycles. The third-order valence-corrected chi connectivity index (χ3v) is 7.56. The second-order valence-electron chi connectivity index (χ2n) is 9.36. The van der Waals surface area contributed by atoms with Crippen molar-refractivity contribution in [2.45, 2.75) is 18.9 Å². The number of fused-ring (bicyclic) bond motifs is 1. The second kappa shape index (κ2) is 10.9. The number of morpholine rings is 1. The maximum Gasteiger partial charge on any atom is 0.248 e. The van der Waals surface area contributed by atoms with E-state index in [-0.39, 0.29) is 6.10 Å². The van der Waals surface area contributed by atoms with Gasteiger partial charge in [0.2, 0.25) is 11.9 Å². The van der Waals surface area contributed by atoms with E-state index in [1.807, 2.05) is 29.6 Å². The molecule has 11 heteroatoms. The van der Waals surface area contributed by atoms with E-state index in [1.165, 1.54) is 0 Å². The fraction of sp³-hybridized carbons (Fsp3) is 0.333. The van der Waals surface area contributed by atoms with Crippen LogP contribution in [-0.2, 0) is 4.74 Å². The van der Waals surface area contributed by atoms with Crippen LogP contribution in [0.5, 0.6) is 5.75 Å². The zero-order chi connectivity index (χ0) is 25.9. The number of benzene rings is 2. The standard InChI is InChI=1S/C27H29N7O3S/c28-25(35)17-11-19(14-20(12-17)34-6-8-36-9-7-34)32-27-31-16-18-13-22(26-30-5-10-38-26)24(15-23(18)33-27)37-21-1-3-29-4-2-21/h5,10-16,21,29H,1-4,6-9H2,(H2,28,35)(H,31,32,33). The number of thiazole rings is 1. The topological polar surface area (TPSA) is 128 Å². The monoisotopic (exact) mass is 531 g/mol. The number of aromatic nitrogens is 3. The zero-order valence-electron chi connectivity index (χ0n) is 20.9. The van der Waals surface area contributed by atoms with Gasteiger partial charge in [-0.3, -0.25) is 4.79 Å². The Bertz CT molecular complexity index is 1430. The summed E-state index contributed by atoms with van der Waals surface area (Å²) in [5.74, 6) is 0.702. The molecular formula is C27H29N7O3S. The van der Waals surface area contributed by atoms with Gasteiger partial charge in [0.1, 0.15) is 16.9 Å². The quantitative estimate of drug-likeness (QED) is 0.328. The van der Waals surface area contributed by atoms with Crippen LogP contribution in [0.25, 0.3) is 21.5 Å². The molecule has 2 aromatic carbocycles. The number of piperidine rings is 1. The number of hydrogen-bond donors (Lipinski definition) is 3. The van der Waals surface area contributed by atoms with Crippen LogP contribution < -0.4 is 26.0 Å². The summed E-state index contributed by atoms with van der Waals surface area (Å²) < 4.78 is 11.9. The highest BCUT2D eigenvalue weighted by atomic mass is 32.1. The van der Waals surface area contributed by atoms with Gasteiger partial charge in [-0.15, -0.1) is 11.3 Å². The average Bonchev–Trinajstić information content (AvgIpc) is 3.48. The predicted octanol–water partition coefficient (Wildman–Crippen LogP) is 3.56. The van der Waals surface area contributed by atoms with Crippen molar-refractivity contribution >= 4 is 45.5 Å². The van der Waals surface area contributed by atoms with Gasteiger partial charge >= 0.3 is 0 Å². The number of carbonyl (C=O) groups excluding carboxylic acids is 1. The van der Waals surface area contributed by atoms with Gasteiger partial charge in [-0.05, 0) is 50.2 Å². The van der Waals surface area contributed by atoms with E-state index in [0.29, 0.717) is 30.4 Å². The molecule has 0 radical (unpaired) electrons. The molecule has 2 aliphatic heterocycles. The van der Waals surface area contributed by atoms with Crippen molar-refractivity contribution in [1.82, 2.24) is 20.3 Å². The first kappa shape index (κ1) is 24.5. The third kappa shape index (κ3) is 5.40. The number of amides is 1. The van der Waals surface area contributed by atoms with Crippen LogP contribution in [0.15, 0.2) is 48.1 Å². The van der Waals surface area contributed by atoms with E-state index < -0.39 is 5.91 Å². The minimum atomic E-state index is -0.489. The van der Waals surface area contributed by atoms with E-state index in [9.17, 15) is 4.79 Å². The van der Waals surface area contributed by atoms with Crippen LogP contribution in [0.4, 0.5) is 17.3 Å². The number of primary amides is 1. The van der Waals surface area contributed by atoms with Crippen molar-refractivity contribution in [2.75, 3.05) is 49.6 Å². The third-order valence-electron chi connectivity index (χ3n) is 6.76. The predicted molar refractivity (Wildman–Crippen MR) is 148 cm³/mol. The molecule has 2 aromatic heterocycles. The highest BCUT2D eigenvalue weighted by molar-refractivity contribution is 7.13. The number of nitrogens with zero attached hydrogens (tertiary/aromatic N) is 4. The lowest BCUT2D eigenvalue weighted by atomic mass is 10.1. The van der Waals surface area contributed by atoms with Crippen LogP contribution in [-0.4, -0.2) is 66.4 Å². The van der Waals surface area contributed by atoms with E-state index in [1.54, 1.807) is 29.8 Å². The summed E-state index contributed by atoms with van der Waals surface area (Å²) in [6, 6.07) is 9.52. The van der Waals surface area contributed by atoms with Crippen molar-refractivity contribution in [2.24, 2.45) is 5.73 Å². The fourth-order valence-corrected chi connectivity index (χ4v) is 5.45. The minimum Gasteiger partial charge on any atom is -0.490 e. The molecule has 6 rings (SSSR count). The van der Waals surface area contributed by atoms with Crippen molar-refractivity contribution in [1.29, 1.82) is 0 Å². The van der Waals surface area contributed by atoms with Gasteiger partial charge in [0, 0.05) is 59.3 Å². The first-order chi connectivity index (χ1) is 18.6. The Morgan fingerprint density at radius 1 is 1.13 bits per heavy atom. The van der Waals surface area contributed by atoms with Crippen LogP contribution in [0.3, 0.4) is 0 Å². The molecule has 2 aliphatic rings. The summed E-state index contributed by atoms with van der Waals surface area (Å²) in [5, 5.41) is 10.4. The normalized spacial score (nSPS) is 16.5. The second-order valence-corrected chi connectivity index (χ2v) is 10.3. The summed E-state index contributed by atoms with van der Waals surface area (Å²) >= 11 is 1.58. The van der Waals surface area contributed by atoms with Gasteiger partial charge in [-0.25, -0.2) is 15.0 Å². The summed E-state index contributed by atoms with van der Waals surface area (Å²) in [4.78, 5) is 28.1. The summed E-state index contributed by atoms with van der Waals surface area (Å²) in [6.07, 6.45) is 5.63. The largest absolute Gasteiger partial charge is 0.490 e. The average molecular weight is 532 g/mol. The molecular weight excluding hydrogens is 502 g/mol. The molecule has 38 heavy (non-hydrogen) atoms. The lowest BCUT2D eigenvalue weighted by Gasteiger charge is -2.29. The summed E-state index contributed by atoms with van der Waals surface area (Å²) in [5.41, 5.74) is 9.34. The Balaban J connectivity index is 1.33. The van der Waals surface area contributed by atoms with Crippen LogP contribution in [0.2, 0.25) is 0 Å². The summed E-state index contributed by atoms with van der Waals surface area (Å²) in [6.45, 7) is 4.66. The van der Waals surface area contributed by atoms with Gasteiger partial charge in [0.05, 0.1) is 24.3 Å². The lowest BCUT2D eigenvalue weighted by Crippen LogP contribution is -2.36. The maximum absolute atomic E-state index is 12.0. The van der Waals surface area contributed by atoms with Crippen molar-refractivity contribution < 1.29 is 14.3 Å². The summed E-state index contributed by atoms with van der Waals surface area (Å²) in [7, 11) is 0. The van der Waals surface area contributed by atoms with E-state index >= 15 is 0 Å². The molecule has 0 bridgehead atoms. The van der Waals surface area contributed by atoms with Crippen LogP contribution in [0, 0.1) is 0 Å². The van der Waals surface area contributed by atoms with Crippen molar-refractivity contribution in [3.05, 3.63) is 53.7 Å². The van der Waals surface area contributed by atoms with Gasteiger partial charge in [0.25, 0.3) is 0 Å². The Morgan fingerprint density at radius 3 is 2.74 bits per heavy atom. The zero-order valence-corrected chi connectivity index (χ0v) is 21.7. The lowest BCUT2D eigenvalue weighted by molar-refractivity contribution is 0.1000. The number of carbonyl (C=O) groups is 1. The maximum atomic E-state index is 12.0. The molecule has 0 spiro atoms. The fourth-order valence-electron chi connectivity index (χ4n) is 4.79. The number of hydrogen-bond acceptors (Lipinski definition) is 10. The number of nitrogens with two attached hydrogens (primary N) is 1. The first-order valence-corrected chi connectivity index (χ1v) is 13.6. The van der Waals surface area contributed by atoms with Gasteiger partial charge in [-0.2, -0.15) is 0 Å². The molecule has 10 nitrogen and oxygen atoms in total. The Morgan fingerprint density at radius 2 is 1.97 bits per heavy atom. The molecule has 0 unspecified atom stereocenters. The number of anilines is 3. The molecule has 0 saturated carbocycles. The first-order valence-electron chi connectivity index (χ1n) is 12.7. The number of nitrogens with one attached hydrogen (secondary N) is 2. The molecule has 1 amide bonds. The smallest absolute Gasteiger partial charge is 0.248 e. The minimum absolute atomic E-state index is 0.141. The molecule has 4 N–H and O–H groups in total. The Labute approximate surface area is 224 Å². The van der Waals surface area contributed by atoms with E-state index in [0.717, 1.165) is 71.9 Å². The molecule has 2 saturated heterocycles. The van der Waals surface area contributed by atoms with Crippen molar-refractivity contribution in [3.8, 4) is 16.3 Å². The highest BCUT2D eigenvalue weighted by Gasteiger charge is 2.20. The van der Waals surface area contributed by atoms with Gasteiger partial charge in [0.15, 0.2) is 0 Å². The Kier molecular flexibility index (Phi) is 7.04. The van der Waals surface area contributed by atoms with Gasteiger partial charge in [-0.1, -0.05) is 0 Å². The highest BCUT2D eigenvalue weighted by Crippen LogP contribution is 2.36. The molecule has 2 fully saturated rings. The SMILES string of the molecule is NC(=O)c1cc(Nc2ncc3cc(-c4nccs4)c(OC4CCNCC4)cc3n2)cc(N2CCOCC2)c1. The van der Waals surface area contributed by atoms with Gasteiger partial charge < -0.3 is 30.7 Å². The molecule has 4 heterocycles. The molecule has 0 atom stereocenters. The molecule has 4 aromatic rings. The van der Waals surface area contributed by atoms with E-state index in [2.05, 4.69) is 25.5 Å². The van der Waals surface area contributed by atoms with Crippen LogP contribution >= 0.6 is 11.3 Å². The van der Waals surface area contributed by atoms with Crippen LogP contribution in [0.1, 0.15) is 23.2 Å². The van der Waals surface area contributed by atoms with E-state index in [4.69, 9.17) is 20.2 Å². The number of ether oxygens (including phenoxy) is 2.